The third-order valence-corrected chi connectivity index (χ3v) is 3.19. The predicted octanol–water partition coefficient (Wildman–Crippen LogP) is 1.66. The van der Waals surface area contributed by atoms with Gasteiger partial charge in [0, 0.05) is 30.8 Å². The Hall–Kier alpha value is -1.53. The van der Waals surface area contributed by atoms with Gasteiger partial charge in [0.2, 0.25) is 5.82 Å². The van der Waals surface area contributed by atoms with Gasteiger partial charge in [0.15, 0.2) is 0 Å². The molecular formula is C12H16FN3O2. The van der Waals surface area contributed by atoms with Gasteiger partial charge in [-0.05, 0) is 19.4 Å². The van der Waals surface area contributed by atoms with E-state index in [9.17, 15) is 14.5 Å². The standard InChI is InChI=1S/C12H16FN3O2/c13-12-9(3-1-5-11(12)16(17)18)7-15-6-2-4-10(14)8-15/h1,3,5,10H,2,4,6-8,14H2/t10-/m1/s1. The molecule has 0 unspecified atom stereocenters. The van der Waals surface area contributed by atoms with Crippen LogP contribution in [0.2, 0.25) is 0 Å². The zero-order valence-corrected chi connectivity index (χ0v) is 10.0. The summed E-state index contributed by atoms with van der Waals surface area (Å²) in [5.74, 6) is -0.735. The maximum atomic E-state index is 13.9. The molecule has 0 aromatic heterocycles. The minimum Gasteiger partial charge on any atom is -0.327 e. The number of nitro benzene ring substituents is 1. The molecule has 1 fully saturated rings. The van der Waals surface area contributed by atoms with Crippen LogP contribution in [0.4, 0.5) is 10.1 Å². The first kappa shape index (κ1) is 12.9. The molecule has 0 amide bonds. The Morgan fingerprint density at radius 2 is 2.33 bits per heavy atom. The molecule has 1 heterocycles. The Bertz CT molecular complexity index is 453. The molecule has 1 aliphatic rings. The van der Waals surface area contributed by atoms with Crippen molar-refractivity contribution in [2.24, 2.45) is 5.73 Å². The normalized spacial score (nSPS) is 20.9. The predicted molar refractivity (Wildman–Crippen MR) is 65.5 cm³/mol. The van der Waals surface area contributed by atoms with Crippen molar-refractivity contribution in [2.75, 3.05) is 13.1 Å². The van der Waals surface area contributed by atoms with Crippen LogP contribution in [0.25, 0.3) is 0 Å². The number of nitrogens with zero attached hydrogens (tertiary/aromatic N) is 2. The molecule has 1 atom stereocenters. The summed E-state index contributed by atoms with van der Waals surface area (Å²) < 4.78 is 13.9. The van der Waals surface area contributed by atoms with E-state index < -0.39 is 16.4 Å². The van der Waals surface area contributed by atoms with Gasteiger partial charge in [-0.3, -0.25) is 15.0 Å². The lowest BCUT2D eigenvalue weighted by Crippen LogP contribution is -2.42. The van der Waals surface area contributed by atoms with Crippen LogP contribution >= 0.6 is 0 Å². The Morgan fingerprint density at radius 1 is 1.56 bits per heavy atom. The van der Waals surface area contributed by atoms with Gasteiger partial charge in [-0.2, -0.15) is 4.39 Å². The summed E-state index contributed by atoms with van der Waals surface area (Å²) in [6, 6.07) is 4.39. The molecule has 0 radical (unpaired) electrons. The third kappa shape index (κ3) is 2.83. The summed E-state index contributed by atoms with van der Waals surface area (Å²) in [7, 11) is 0. The average Bonchev–Trinajstić information content (AvgIpc) is 2.31. The molecule has 6 heteroatoms. The number of nitro groups is 1. The van der Waals surface area contributed by atoms with Gasteiger partial charge in [-0.15, -0.1) is 0 Å². The lowest BCUT2D eigenvalue weighted by atomic mass is 10.1. The number of piperidine rings is 1. The molecule has 98 valence electrons. The molecule has 1 aromatic rings. The van der Waals surface area contributed by atoms with Crippen molar-refractivity contribution in [3.63, 3.8) is 0 Å². The number of nitrogens with two attached hydrogens (primary N) is 1. The summed E-state index contributed by atoms with van der Waals surface area (Å²) in [5.41, 5.74) is 5.75. The molecule has 2 rings (SSSR count). The molecule has 18 heavy (non-hydrogen) atoms. The number of hydrogen-bond acceptors (Lipinski definition) is 4. The van der Waals surface area contributed by atoms with E-state index in [1.54, 1.807) is 6.07 Å². The van der Waals surface area contributed by atoms with E-state index in [4.69, 9.17) is 5.73 Å². The van der Waals surface area contributed by atoms with Crippen molar-refractivity contribution in [3.8, 4) is 0 Å². The van der Waals surface area contributed by atoms with E-state index in [0.717, 1.165) is 19.4 Å². The first-order valence-electron chi connectivity index (χ1n) is 5.97. The maximum Gasteiger partial charge on any atom is 0.305 e. The van der Waals surface area contributed by atoms with Gasteiger partial charge >= 0.3 is 5.69 Å². The molecule has 0 saturated carbocycles. The van der Waals surface area contributed by atoms with Crippen LogP contribution in [0, 0.1) is 15.9 Å². The van der Waals surface area contributed by atoms with Crippen LogP contribution in [0.1, 0.15) is 18.4 Å². The SMILES string of the molecule is N[C@@H]1CCCN(Cc2cccc([N+](=O)[O-])c2F)C1. The highest BCUT2D eigenvalue weighted by Gasteiger charge is 2.21. The minimum atomic E-state index is -0.735. The van der Waals surface area contributed by atoms with E-state index in [2.05, 4.69) is 0 Å². The smallest absolute Gasteiger partial charge is 0.305 e. The van der Waals surface area contributed by atoms with Gasteiger partial charge in [0.1, 0.15) is 0 Å². The number of halogens is 1. The van der Waals surface area contributed by atoms with E-state index in [-0.39, 0.29) is 6.04 Å². The quantitative estimate of drug-likeness (QED) is 0.656. The average molecular weight is 253 g/mol. The summed E-state index contributed by atoms with van der Waals surface area (Å²) in [5, 5.41) is 10.7. The zero-order chi connectivity index (χ0) is 13.1. The van der Waals surface area contributed by atoms with Crippen LogP contribution in [-0.2, 0) is 6.54 Å². The molecule has 0 bridgehead atoms. The fourth-order valence-electron chi connectivity index (χ4n) is 2.31. The molecule has 1 aromatic carbocycles. The van der Waals surface area contributed by atoms with Crippen molar-refractivity contribution >= 4 is 5.69 Å². The summed E-state index contributed by atoms with van der Waals surface area (Å²) in [4.78, 5) is 12.0. The monoisotopic (exact) mass is 253 g/mol. The van der Waals surface area contributed by atoms with Crippen LogP contribution in [0.3, 0.4) is 0 Å². The summed E-state index contributed by atoms with van der Waals surface area (Å²) in [6.07, 6.45) is 1.96. The minimum absolute atomic E-state index is 0.112. The number of likely N-dealkylation sites (tertiary alicyclic amines) is 1. The van der Waals surface area contributed by atoms with Crippen molar-refractivity contribution in [1.82, 2.24) is 4.90 Å². The maximum absolute atomic E-state index is 13.9. The molecule has 0 aliphatic carbocycles. The van der Waals surface area contributed by atoms with Crippen LogP contribution < -0.4 is 5.73 Å². The fourth-order valence-corrected chi connectivity index (χ4v) is 2.31. The Labute approximate surface area is 105 Å². The number of benzene rings is 1. The van der Waals surface area contributed by atoms with Crippen LogP contribution in [-0.4, -0.2) is 29.0 Å². The molecule has 0 spiro atoms. The fraction of sp³-hybridized carbons (Fsp3) is 0.500. The lowest BCUT2D eigenvalue weighted by molar-refractivity contribution is -0.387. The van der Waals surface area contributed by atoms with Crippen molar-refractivity contribution in [1.29, 1.82) is 0 Å². The van der Waals surface area contributed by atoms with Gasteiger partial charge in [-0.25, -0.2) is 0 Å². The molecule has 1 aliphatic heterocycles. The van der Waals surface area contributed by atoms with E-state index in [1.165, 1.54) is 12.1 Å². The highest BCUT2D eigenvalue weighted by Crippen LogP contribution is 2.22. The van der Waals surface area contributed by atoms with Crippen molar-refractivity contribution in [2.45, 2.75) is 25.4 Å². The second kappa shape index (κ2) is 5.41. The summed E-state index contributed by atoms with van der Waals surface area (Å²) >= 11 is 0. The second-order valence-corrected chi connectivity index (χ2v) is 4.64. The van der Waals surface area contributed by atoms with E-state index in [1.807, 2.05) is 4.90 Å². The van der Waals surface area contributed by atoms with Crippen molar-refractivity contribution < 1.29 is 9.31 Å². The first-order chi connectivity index (χ1) is 8.58. The van der Waals surface area contributed by atoms with Gasteiger partial charge in [-0.1, -0.05) is 12.1 Å². The van der Waals surface area contributed by atoms with Crippen LogP contribution in [0.5, 0.6) is 0 Å². The Morgan fingerprint density at radius 3 is 3.00 bits per heavy atom. The van der Waals surface area contributed by atoms with Gasteiger partial charge < -0.3 is 5.73 Å². The van der Waals surface area contributed by atoms with Gasteiger partial charge in [0.25, 0.3) is 0 Å². The third-order valence-electron chi connectivity index (χ3n) is 3.19. The first-order valence-corrected chi connectivity index (χ1v) is 5.97. The zero-order valence-electron chi connectivity index (χ0n) is 10.0. The number of hydrogen-bond donors (Lipinski definition) is 1. The van der Waals surface area contributed by atoms with Crippen LogP contribution in [0.15, 0.2) is 18.2 Å². The topological polar surface area (TPSA) is 72.4 Å². The number of rotatable bonds is 3. The van der Waals surface area contributed by atoms with Gasteiger partial charge in [0.05, 0.1) is 4.92 Å². The van der Waals surface area contributed by atoms with Crippen molar-refractivity contribution in [3.05, 3.63) is 39.7 Å². The largest absolute Gasteiger partial charge is 0.327 e. The molecule has 1 saturated heterocycles. The summed E-state index contributed by atoms with van der Waals surface area (Å²) in [6.45, 7) is 1.94. The lowest BCUT2D eigenvalue weighted by Gasteiger charge is -2.30. The highest BCUT2D eigenvalue weighted by molar-refractivity contribution is 5.36. The Kier molecular flexibility index (Phi) is 3.88. The van der Waals surface area contributed by atoms with E-state index >= 15 is 0 Å². The van der Waals surface area contributed by atoms with E-state index in [0.29, 0.717) is 18.7 Å². The Balaban J connectivity index is 2.14. The second-order valence-electron chi connectivity index (χ2n) is 4.64. The highest BCUT2D eigenvalue weighted by atomic mass is 19.1. The molecule has 2 N–H and O–H groups in total. The molecule has 5 nitrogen and oxygen atoms in total. The molecular weight excluding hydrogens is 237 g/mol.